The zero-order chi connectivity index (χ0) is 9.73. The first kappa shape index (κ1) is 9.98. The molecule has 0 aliphatic carbocycles. The first-order valence-electron chi connectivity index (χ1n) is 3.97. The first-order valence-corrected chi connectivity index (χ1v) is 5.55. The van der Waals surface area contributed by atoms with E-state index in [1.165, 1.54) is 12.3 Å². The third kappa shape index (κ3) is 3.42. The van der Waals surface area contributed by atoms with E-state index in [1.54, 1.807) is 19.1 Å². The van der Waals surface area contributed by atoms with E-state index in [0.717, 1.165) is 0 Å². The summed E-state index contributed by atoms with van der Waals surface area (Å²) in [6.07, 6.45) is 2.02. The van der Waals surface area contributed by atoms with E-state index < -0.39 is 10.1 Å². The maximum atomic E-state index is 11.1. The van der Waals surface area contributed by atoms with Crippen molar-refractivity contribution in [1.29, 1.82) is 0 Å². The molecule has 0 spiro atoms. The molecule has 0 radical (unpaired) electrons. The molecule has 0 saturated carbocycles. The summed E-state index contributed by atoms with van der Waals surface area (Å²) in [7, 11) is -3.45. The highest BCUT2D eigenvalue weighted by Crippen LogP contribution is 2.07. The molecule has 0 atom stereocenters. The zero-order valence-electron chi connectivity index (χ0n) is 7.30. The monoisotopic (exact) mass is 201 g/mol. The van der Waals surface area contributed by atoms with E-state index in [9.17, 15) is 8.42 Å². The Balaban J connectivity index is 2.70. The molecule has 0 aliphatic rings. The minimum Gasteiger partial charge on any atom is -0.362 e. The molecule has 5 heteroatoms. The van der Waals surface area contributed by atoms with Gasteiger partial charge in [0.1, 0.15) is 0 Å². The molecule has 0 N–H and O–H groups in total. The second-order valence-corrected chi connectivity index (χ2v) is 4.20. The lowest BCUT2D eigenvalue weighted by Crippen LogP contribution is -2.13. The maximum Gasteiger partial charge on any atom is 0.310 e. The number of hydrogen-bond acceptors (Lipinski definition) is 4. The molecule has 0 fully saturated rings. The van der Waals surface area contributed by atoms with Crippen molar-refractivity contribution in [2.24, 2.45) is 0 Å². The fourth-order valence-electron chi connectivity index (χ4n) is 0.818. The van der Waals surface area contributed by atoms with Crippen molar-refractivity contribution in [3.05, 3.63) is 24.4 Å². The highest BCUT2D eigenvalue weighted by Gasteiger charge is 2.10. The number of rotatable bonds is 4. The van der Waals surface area contributed by atoms with Gasteiger partial charge in [0, 0.05) is 12.3 Å². The molecule has 72 valence electrons. The van der Waals surface area contributed by atoms with Gasteiger partial charge >= 0.3 is 10.1 Å². The van der Waals surface area contributed by atoms with Crippen LogP contribution in [-0.4, -0.2) is 19.2 Å². The van der Waals surface area contributed by atoms with Crippen LogP contribution in [0.4, 0.5) is 0 Å². The van der Waals surface area contributed by atoms with Crippen LogP contribution in [-0.2, 0) is 10.1 Å². The molecular weight excluding hydrogens is 190 g/mol. The van der Waals surface area contributed by atoms with Crippen molar-refractivity contribution in [3.63, 3.8) is 0 Å². The minimum atomic E-state index is -3.45. The van der Waals surface area contributed by atoms with Gasteiger partial charge in [0.15, 0.2) is 0 Å². The first-order chi connectivity index (χ1) is 6.14. The summed E-state index contributed by atoms with van der Waals surface area (Å²) in [5.74, 6) is 0.139. The van der Waals surface area contributed by atoms with Gasteiger partial charge in [-0.15, -0.1) is 0 Å². The topological polar surface area (TPSA) is 56.3 Å². The van der Waals surface area contributed by atoms with Crippen molar-refractivity contribution in [2.75, 3.05) is 5.75 Å². The minimum absolute atomic E-state index is 0.0174. The summed E-state index contributed by atoms with van der Waals surface area (Å²) in [4.78, 5) is 3.74. The van der Waals surface area contributed by atoms with Crippen molar-refractivity contribution < 1.29 is 12.6 Å². The number of nitrogens with zero attached hydrogens (tertiary/aromatic N) is 1. The second-order valence-electron chi connectivity index (χ2n) is 2.51. The maximum absolute atomic E-state index is 11.1. The average Bonchev–Trinajstić information content (AvgIpc) is 2.04. The highest BCUT2D eigenvalue weighted by atomic mass is 32.2. The molecule has 0 aromatic carbocycles. The van der Waals surface area contributed by atoms with Gasteiger partial charge in [0.05, 0.1) is 5.75 Å². The van der Waals surface area contributed by atoms with Crippen molar-refractivity contribution in [3.8, 4) is 5.88 Å². The lowest BCUT2D eigenvalue weighted by Gasteiger charge is -2.03. The molecule has 1 heterocycles. The van der Waals surface area contributed by atoms with Crippen molar-refractivity contribution in [1.82, 2.24) is 4.98 Å². The molecule has 13 heavy (non-hydrogen) atoms. The predicted octanol–water partition coefficient (Wildman–Crippen LogP) is 1.20. The molecule has 1 rings (SSSR count). The zero-order valence-corrected chi connectivity index (χ0v) is 8.12. The summed E-state index contributed by atoms with van der Waals surface area (Å²) in [6.45, 7) is 1.78. The lowest BCUT2D eigenvalue weighted by molar-refractivity contribution is 0.475. The third-order valence-corrected chi connectivity index (χ3v) is 2.64. The van der Waals surface area contributed by atoms with Crippen LogP contribution in [0.5, 0.6) is 5.88 Å². The van der Waals surface area contributed by atoms with Gasteiger partial charge in [0.25, 0.3) is 0 Å². The van der Waals surface area contributed by atoms with E-state index in [-0.39, 0.29) is 11.6 Å². The normalized spacial score (nSPS) is 11.2. The van der Waals surface area contributed by atoms with E-state index in [0.29, 0.717) is 6.42 Å². The van der Waals surface area contributed by atoms with Crippen LogP contribution in [0.1, 0.15) is 13.3 Å². The molecule has 1 aromatic heterocycles. The van der Waals surface area contributed by atoms with Crippen LogP contribution in [0.25, 0.3) is 0 Å². The molecule has 0 bridgehead atoms. The quantitative estimate of drug-likeness (QED) is 0.687. The van der Waals surface area contributed by atoms with E-state index in [2.05, 4.69) is 4.98 Å². The number of hydrogen-bond donors (Lipinski definition) is 0. The average molecular weight is 201 g/mol. The van der Waals surface area contributed by atoms with Gasteiger partial charge in [-0.05, 0) is 12.5 Å². The Kier molecular flexibility index (Phi) is 3.25. The van der Waals surface area contributed by atoms with Crippen LogP contribution in [0.2, 0.25) is 0 Å². The molecule has 0 aliphatic heterocycles. The smallest absolute Gasteiger partial charge is 0.310 e. The van der Waals surface area contributed by atoms with Crippen LogP contribution in [0.15, 0.2) is 24.4 Å². The van der Waals surface area contributed by atoms with E-state index in [1.807, 2.05) is 0 Å². The van der Waals surface area contributed by atoms with Gasteiger partial charge in [-0.3, -0.25) is 0 Å². The van der Waals surface area contributed by atoms with Crippen LogP contribution in [0, 0.1) is 0 Å². The Hall–Kier alpha value is -1.10. The number of pyridine rings is 1. The Bertz CT molecular complexity index is 347. The summed E-state index contributed by atoms with van der Waals surface area (Å²) in [5.41, 5.74) is 0. The SMILES string of the molecule is CCCS(=O)(=O)Oc1ccccn1. The molecule has 0 saturated heterocycles. The molecule has 4 nitrogen and oxygen atoms in total. The molecule has 0 amide bonds. The summed E-state index contributed by atoms with van der Waals surface area (Å²) < 4.78 is 27.0. The van der Waals surface area contributed by atoms with Crippen LogP contribution in [0.3, 0.4) is 0 Å². The molecule has 0 unspecified atom stereocenters. The molecular formula is C8H11NO3S. The van der Waals surface area contributed by atoms with Gasteiger partial charge < -0.3 is 4.18 Å². The van der Waals surface area contributed by atoms with Crippen molar-refractivity contribution in [2.45, 2.75) is 13.3 Å². The Morgan fingerprint density at radius 1 is 1.46 bits per heavy atom. The van der Waals surface area contributed by atoms with E-state index in [4.69, 9.17) is 4.18 Å². The second kappa shape index (κ2) is 4.23. The lowest BCUT2D eigenvalue weighted by atomic mass is 10.5. The van der Waals surface area contributed by atoms with E-state index >= 15 is 0 Å². The fraction of sp³-hybridized carbons (Fsp3) is 0.375. The standard InChI is InChI=1S/C8H11NO3S/c1-2-7-13(10,11)12-8-5-3-4-6-9-8/h3-6H,2,7H2,1H3. The Morgan fingerprint density at radius 3 is 2.77 bits per heavy atom. The van der Waals surface area contributed by atoms with Crippen LogP contribution >= 0.6 is 0 Å². The Morgan fingerprint density at radius 2 is 2.23 bits per heavy atom. The Labute approximate surface area is 77.7 Å². The van der Waals surface area contributed by atoms with Gasteiger partial charge in [-0.25, -0.2) is 4.98 Å². The summed E-state index contributed by atoms with van der Waals surface area (Å²) in [5, 5.41) is 0. The van der Waals surface area contributed by atoms with Gasteiger partial charge in [0.2, 0.25) is 5.88 Å². The van der Waals surface area contributed by atoms with Crippen molar-refractivity contribution >= 4 is 10.1 Å². The van der Waals surface area contributed by atoms with Crippen LogP contribution < -0.4 is 4.18 Å². The van der Waals surface area contributed by atoms with Gasteiger partial charge in [-0.1, -0.05) is 13.0 Å². The summed E-state index contributed by atoms with van der Waals surface area (Å²) in [6, 6.07) is 4.87. The molecule has 1 aromatic rings. The van der Waals surface area contributed by atoms with Gasteiger partial charge in [-0.2, -0.15) is 8.42 Å². The number of aromatic nitrogens is 1. The fourth-order valence-corrected chi connectivity index (χ4v) is 1.76. The summed E-state index contributed by atoms with van der Waals surface area (Å²) >= 11 is 0. The largest absolute Gasteiger partial charge is 0.362 e. The highest BCUT2D eigenvalue weighted by molar-refractivity contribution is 7.87. The predicted molar refractivity (Wildman–Crippen MR) is 48.9 cm³/mol. The third-order valence-electron chi connectivity index (χ3n) is 1.30.